The topological polar surface area (TPSA) is 91.7 Å². The molecule has 5 nitrogen and oxygen atoms in total. The Labute approximate surface area is 116 Å². The summed E-state index contributed by atoms with van der Waals surface area (Å²) in [7, 11) is -3.67. The minimum absolute atomic E-state index is 0.0543. The number of rotatable bonds is 5. The van der Waals surface area contributed by atoms with Crippen molar-refractivity contribution in [1.29, 1.82) is 0 Å². The van der Waals surface area contributed by atoms with Crippen LogP contribution in [0.5, 0.6) is 0 Å². The van der Waals surface area contributed by atoms with Gasteiger partial charge < -0.3 is 10.2 Å². The molecule has 0 radical (unpaired) electrons. The van der Waals surface area contributed by atoms with E-state index in [1.807, 2.05) is 0 Å². The standard InChI is InChI=1S/C12H15ClO5S/c1-7(14)3-4-19(17,18)11-6-9(13)5-10(8(11)2)12(15)16/h5-7,14H,3-4H2,1-2H3,(H,15,16). The van der Waals surface area contributed by atoms with E-state index in [-0.39, 0.29) is 33.2 Å². The van der Waals surface area contributed by atoms with Crippen molar-refractivity contribution in [1.82, 2.24) is 0 Å². The molecule has 1 unspecified atom stereocenters. The first-order chi connectivity index (χ1) is 8.65. The van der Waals surface area contributed by atoms with Gasteiger partial charge in [-0.1, -0.05) is 11.6 Å². The van der Waals surface area contributed by atoms with Gasteiger partial charge in [0, 0.05) is 5.02 Å². The van der Waals surface area contributed by atoms with Crippen LogP contribution in [0.2, 0.25) is 5.02 Å². The van der Waals surface area contributed by atoms with Crippen LogP contribution in [-0.2, 0) is 9.84 Å². The lowest BCUT2D eigenvalue weighted by Gasteiger charge is -2.11. The van der Waals surface area contributed by atoms with Gasteiger partial charge in [0.1, 0.15) is 0 Å². The molecule has 0 fully saturated rings. The van der Waals surface area contributed by atoms with Gasteiger partial charge in [0.2, 0.25) is 0 Å². The second-order valence-corrected chi connectivity index (χ2v) is 6.85. The smallest absolute Gasteiger partial charge is 0.336 e. The molecule has 0 aromatic heterocycles. The van der Waals surface area contributed by atoms with Crippen molar-refractivity contribution in [3.05, 3.63) is 28.3 Å². The predicted molar refractivity (Wildman–Crippen MR) is 71.5 cm³/mol. The number of aliphatic hydroxyl groups is 1. The summed E-state index contributed by atoms with van der Waals surface area (Å²) in [5.74, 6) is -1.49. The number of carboxylic acid groups (broad SMARTS) is 1. The summed E-state index contributed by atoms with van der Waals surface area (Å²) < 4.78 is 24.2. The van der Waals surface area contributed by atoms with E-state index in [9.17, 15) is 13.2 Å². The minimum atomic E-state index is -3.67. The molecule has 2 N–H and O–H groups in total. The van der Waals surface area contributed by atoms with Gasteiger partial charge in [-0.15, -0.1) is 0 Å². The van der Waals surface area contributed by atoms with Crippen molar-refractivity contribution < 1.29 is 23.4 Å². The van der Waals surface area contributed by atoms with Crippen molar-refractivity contribution in [3.63, 3.8) is 0 Å². The summed E-state index contributed by atoms with van der Waals surface area (Å²) in [6, 6.07) is 2.45. The highest BCUT2D eigenvalue weighted by atomic mass is 35.5. The fraction of sp³-hybridized carbons (Fsp3) is 0.417. The number of carbonyl (C=O) groups is 1. The van der Waals surface area contributed by atoms with Crippen molar-refractivity contribution in [2.45, 2.75) is 31.3 Å². The number of aromatic carboxylic acids is 1. The molecule has 1 aromatic rings. The summed E-state index contributed by atoms with van der Waals surface area (Å²) in [6.07, 6.45) is -0.662. The van der Waals surface area contributed by atoms with E-state index in [0.717, 1.165) is 0 Å². The normalized spacial score (nSPS) is 13.3. The zero-order valence-electron chi connectivity index (χ0n) is 10.6. The molecule has 1 atom stereocenters. The highest BCUT2D eigenvalue weighted by molar-refractivity contribution is 7.91. The van der Waals surface area contributed by atoms with Crippen LogP contribution < -0.4 is 0 Å². The highest BCUT2D eigenvalue weighted by Gasteiger charge is 2.22. The molecule has 19 heavy (non-hydrogen) atoms. The zero-order valence-corrected chi connectivity index (χ0v) is 12.1. The lowest BCUT2D eigenvalue weighted by atomic mass is 10.1. The van der Waals surface area contributed by atoms with Crippen LogP contribution >= 0.6 is 11.6 Å². The Bertz CT molecular complexity index is 592. The van der Waals surface area contributed by atoms with Gasteiger partial charge in [0.05, 0.1) is 22.3 Å². The molecule has 7 heteroatoms. The second-order valence-electron chi connectivity index (χ2n) is 4.34. The molecule has 0 saturated carbocycles. The highest BCUT2D eigenvalue weighted by Crippen LogP contribution is 2.26. The van der Waals surface area contributed by atoms with Crippen molar-refractivity contribution >= 4 is 27.4 Å². The minimum Gasteiger partial charge on any atom is -0.478 e. The van der Waals surface area contributed by atoms with Crippen LogP contribution in [0.25, 0.3) is 0 Å². The van der Waals surface area contributed by atoms with Crippen LogP contribution in [0.4, 0.5) is 0 Å². The van der Waals surface area contributed by atoms with Crippen molar-refractivity contribution in [3.8, 4) is 0 Å². The number of sulfone groups is 1. The van der Waals surface area contributed by atoms with Crippen molar-refractivity contribution in [2.75, 3.05) is 5.75 Å². The van der Waals surface area contributed by atoms with Crippen LogP contribution in [-0.4, -0.2) is 36.5 Å². The first-order valence-electron chi connectivity index (χ1n) is 5.59. The summed E-state index contributed by atoms with van der Waals surface area (Å²) in [5.41, 5.74) is 0.0191. The maximum Gasteiger partial charge on any atom is 0.336 e. The molecule has 0 spiro atoms. The number of benzene rings is 1. The average molecular weight is 307 g/mol. The Kier molecular flexibility index (Phi) is 4.95. The number of aliphatic hydroxyl groups excluding tert-OH is 1. The average Bonchev–Trinajstić information content (AvgIpc) is 2.28. The van der Waals surface area contributed by atoms with E-state index in [1.54, 1.807) is 0 Å². The number of hydrogen-bond donors (Lipinski definition) is 2. The Morgan fingerprint density at radius 3 is 2.47 bits per heavy atom. The fourth-order valence-electron chi connectivity index (χ4n) is 1.63. The monoisotopic (exact) mass is 306 g/mol. The maximum absolute atomic E-state index is 12.1. The van der Waals surface area contributed by atoms with Crippen LogP contribution in [0.1, 0.15) is 29.3 Å². The lowest BCUT2D eigenvalue weighted by Crippen LogP contribution is -2.15. The first-order valence-corrected chi connectivity index (χ1v) is 7.62. The molecule has 0 saturated heterocycles. The van der Waals surface area contributed by atoms with Crippen LogP contribution in [0.15, 0.2) is 17.0 Å². The summed E-state index contributed by atoms with van der Waals surface area (Å²) in [4.78, 5) is 10.9. The van der Waals surface area contributed by atoms with Crippen molar-refractivity contribution in [2.24, 2.45) is 0 Å². The zero-order chi connectivity index (χ0) is 14.8. The van der Waals surface area contributed by atoms with Gasteiger partial charge in [-0.25, -0.2) is 13.2 Å². The summed E-state index contributed by atoms with van der Waals surface area (Å²) in [6.45, 7) is 2.91. The Hall–Kier alpha value is -1.11. The van der Waals surface area contributed by atoms with Gasteiger partial charge >= 0.3 is 5.97 Å². The molecule has 1 rings (SSSR count). The summed E-state index contributed by atoms with van der Waals surface area (Å²) in [5, 5.41) is 18.2. The molecule has 0 aliphatic rings. The molecule has 0 bridgehead atoms. The lowest BCUT2D eigenvalue weighted by molar-refractivity contribution is 0.0695. The number of halogens is 1. The van der Waals surface area contributed by atoms with E-state index in [2.05, 4.69) is 0 Å². The van der Waals surface area contributed by atoms with Gasteiger partial charge in [-0.3, -0.25) is 0 Å². The Morgan fingerprint density at radius 1 is 1.42 bits per heavy atom. The van der Waals surface area contributed by atoms with Gasteiger partial charge in [0.25, 0.3) is 0 Å². The number of carboxylic acids is 1. The molecule has 0 aliphatic carbocycles. The Balaban J connectivity index is 3.31. The van der Waals surface area contributed by atoms with Gasteiger partial charge in [0.15, 0.2) is 9.84 Å². The molecule has 1 aromatic carbocycles. The third-order valence-electron chi connectivity index (χ3n) is 2.69. The number of hydrogen-bond acceptors (Lipinski definition) is 4. The van der Waals surface area contributed by atoms with E-state index in [4.69, 9.17) is 21.8 Å². The molecule has 106 valence electrons. The van der Waals surface area contributed by atoms with Gasteiger partial charge in [-0.05, 0) is 38.0 Å². The third-order valence-corrected chi connectivity index (χ3v) is 4.78. The third kappa shape index (κ3) is 3.92. The van der Waals surface area contributed by atoms with Crippen LogP contribution in [0.3, 0.4) is 0 Å². The molecular formula is C12H15ClO5S. The second kappa shape index (κ2) is 5.90. The maximum atomic E-state index is 12.1. The summed E-state index contributed by atoms with van der Waals surface area (Å²) >= 11 is 5.76. The molecule has 0 heterocycles. The Morgan fingerprint density at radius 2 is 2.00 bits per heavy atom. The van der Waals surface area contributed by atoms with Gasteiger partial charge in [-0.2, -0.15) is 0 Å². The van der Waals surface area contributed by atoms with E-state index < -0.39 is 21.9 Å². The first kappa shape index (κ1) is 15.9. The fourth-order valence-corrected chi connectivity index (χ4v) is 3.67. The van der Waals surface area contributed by atoms with E-state index >= 15 is 0 Å². The van der Waals surface area contributed by atoms with E-state index in [1.165, 1.54) is 26.0 Å². The molecule has 0 amide bonds. The quantitative estimate of drug-likeness (QED) is 0.866. The SMILES string of the molecule is Cc1c(C(=O)O)cc(Cl)cc1S(=O)(=O)CCC(C)O. The largest absolute Gasteiger partial charge is 0.478 e. The van der Waals surface area contributed by atoms with Crippen LogP contribution in [0, 0.1) is 6.92 Å². The molecule has 0 aliphatic heterocycles. The molecular weight excluding hydrogens is 292 g/mol. The predicted octanol–water partition coefficient (Wildman–Crippen LogP) is 1.89. The van der Waals surface area contributed by atoms with E-state index in [0.29, 0.717) is 0 Å².